The van der Waals surface area contributed by atoms with E-state index in [9.17, 15) is 0 Å². The summed E-state index contributed by atoms with van der Waals surface area (Å²) < 4.78 is 6.78. The third-order valence-corrected chi connectivity index (χ3v) is 4.28. The Labute approximate surface area is 132 Å². The van der Waals surface area contributed by atoms with Gasteiger partial charge >= 0.3 is 0 Å². The predicted octanol–water partition coefficient (Wildman–Crippen LogP) is 4.29. The lowest BCUT2D eigenvalue weighted by atomic mass is 10.2. The van der Waals surface area contributed by atoms with E-state index in [1.807, 2.05) is 12.1 Å². The molecule has 2 rings (SSSR count). The number of rotatable bonds is 7. The van der Waals surface area contributed by atoms with Crippen molar-refractivity contribution in [3.8, 4) is 5.75 Å². The van der Waals surface area contributed by atoms with Gasteiger partial charge in [0.15, 0.2) is 0 Å². The van der Waals surface area contributed by atoms with Crippen LogP contribution in [0.25, 0.3) is 0 Å². The van der Waals surface area contributed by atoms with Crippen molar-refractivity contribution in [1.29, 1.82) is 0 Å². The summed E-state index contributed by atoms with van der Waals surface area (Å²) in [6.07, 6.45) is 1.14. The van der Waals surface area contributed by atoms with Crippen LogP contribution >= 0.6 is 27.3 Å². The number of benzene rings is 1. The summed E-state index contributed by atoms with van der Waals surface area (Å²) in [4.78, 5) is 4.56. The molecule has 3 nitrogen and oxygen atoms in total. The third-order valence-electron chi connectivity index (χ3n) is 2.77. The van der Waals surface area contributed by atoms with Gasteiger partial charge in [0.1, 0.15) is 17.4 Å². The SMILES string of the molecule is CCCNCc1nc(COc2ccc(C)cc2Br)cs1. The minimum Gasteiger partial charge on any atom is -0.486 e. The lowest BCUT2D eigenvalue weighted by Gasteiger charge is -2.07. The zero-order chi connectivity index (χ0) is 14.4. The molecule has 0 fully saturated rings. The normalized spacial score (nSPS) is 10.8. The molecule has 0 unspecified atom stereocenters. The van der Waals surface area contributed by atoms with Crippen molar-refractivity contribution in [2.75, 3.05) is 6.54 Å². The standard InChI is InChI=1S/C15H19BrN2OS/c1-3-6-17-8-15-18-12(10-20-15)9-19-14-5-4-11(2)7-13(14)16/h4-5,7,10,17H,3,6,8-9H2,1-2H3. The Hall–Kier alpha value is -0.910. The molecular formula is C15H19BrN2OS. The van der Waals surface area contributed by atoms with Crippen molar-refractivity contribution in [1.82, 2.24) is 10.3 Å². The van der Waals surface area contributed by atoms with Crippen LogP contribution in [-0.4, -0.2) is 11.5 Å². The molecular weight excluding hydrogens is 336 g/mol. The Bertz CT molecular complexity index is 557. The lowest BCUT2D eigenvalue weighted by molar-refractivity contribution is 0.300. The number of hydrogen-bond donors (Lipinski definition) is 1. The second kappa shape index (κ2) is 7.76. The smallest absolute Gasteiger partial charge is 0.134 e. The van der Waals surface area contributed by atoms with Crippen LogP contribution in [0, 0.1) is 6.92 Å². The maximum Gasteiger partial charge on any atom is 0.134 e. The van der Waals surface area contributed by atoms with Crippen LogP contribution in [0.5, 0.6) is 5.75 Å². The molecule has 5 heteroatoms. The van der Waals surface area contributed by atoms with Crippen LogP contribution in [-0.2, 0) is 13.2 Å². The average molecular weight is 355 g/mol. The van der Waals surface area contributed by atoms with Crippen molar-refractivity contribution in [3.05, 3.63) is 44.3 Å². The molecule has 1 N–H and O–H groups in total. The minimum atomic E-state index is 0.506. The van der Waals surface area contributed by atoms with Gasteiger partial charge in [-0.05, 0) is 53.5 Å². The topological polar surface area (TPSA) is 34.2 Å². The van der Waals surface area contributed by atoms with Crippen LogP contribution in [0.3, 0.4) is 0 Å². The first kappa shape index (κ1) is 15.5. The van der Waals surface area contributed by atoms with E-state index in [4.69, 9.17) is 4.74 Å². The Kier molecular flexibility index (Phi) is 6.01. The molecule has 0 bridgehead atoms. The number of hydrogen-bond acceptors (Lipinski definition) is 4. The zero-order valence-electron chi connectivity index (χ0n) is 11.8. The van der Waals surface area contributed by atoms with E-state index < -0.39 is 0 Å². The molecule has 0 aliphatic heterocycles. The van der Waals surface area contributed by atoms with Gasteiger partial charge in [-0.2, -0.15) is 0 Å². The monoisotopic (exact) mass is 354 g/mol. The first-order valence-electron chi connectivity index (χ1n) is 6.72. The van der Waals surface area contributed by atoms with Gasteiger partial charge in [0, 0.05) is 11.9 Å². The molecule has 0 aliphatic rings. The Morgan fingerprint density at radius 3 is 3.00 bits per heavy atom. The van der Waals surface area contributed by atoms with E-state index in [1.165, 1.54) is 5.56 Å². The molecule has 1 aromatic carbocycles. The van der Waals surface area contributed by atoms with Crippen molar-refractivity contribution < 1.29 is 4.74 Å². The van der Waals surface area contributed by atoms with Crippen molar-refractivity contribution in [3.63, 3.8) is 0 Å². The predicted molar refractivity (Wildman–Crippen MR) is 87.3 cm³/mol. The summed E-state index contributed by atoms with van der Waals surface area (Å²) in [6.45, 7) is 6.60. The van der Waals surface area contributed by atoms with Crippen LogP contribution in [0.2, 0.25) is 0 Å². The van der Waals surface area contributed by atoms with Crippen LogP contribution in [0.1, 0.15) is 29.6 Å². The van der Waals surface area contributed by atoms with Crippen LogP contribution in [0.15, 0.2) is 28.1 Å². The van der Waals surface area contributed by atoms with E-state index in [-0.39, 0.29) is 0 Å². The minimum absolute atomic E-state index is 0.506. The summed E-state index contributed by atoms with van der Waals surface area (Å²) in [5.41, 5.74) is 2.19. The molecule has 0 saturated heterocycles. The lowest BCUT2D eigenvalue weighted by Crippen LogP contribution is -2.13. The molecule has 0 radical (unpaired) electrons. The van der Waals surface area contributed by atoms with Gasteiger partial charge in [-0.15, -0.1) is 11.3 Å². The summed E-state index contributed by atoms with van der Waals surface area (Å²) in [5, 5.41) is 6.53. The number of nitrogens with zero attached hydrogens (tertiary/aromatic N) is 1. The van der Waals surface area contributed by atoms with E-state index in [2.05, 4.69) is 51.5 Å². The number of nitrogens with one attached hydrogen (secondary N) is 1. The summed E-state index contributed by atoms with van der Waals surface area (Å²) in [7, 11) is 0. The molecule has 0 atom stereocenters. The van der Waals surface area contributed by atoms with Crippen molar-refractivity contribution in [2.24, 2.45) is 0 Å². The van der Waals surface area contributed by atoms with Gasteiger partial charge in [0.05, 0.1) is 10.2 Å². The number of aryl methyl sites for hydroxylation is 1. The molecule has 0 amide bonds. The molecule has 2 aromatic rings. The van der Waals surface area contributed by atoms with Gasteiger partial charge in [-0.25, -0.2) is 4.98 Å². The molecule has 0 aliphatic carbocycles. The fourth-order valence-corrected chi connectivity index (χ4v) is 3.10. The fourth-order valence-electron chi connectivity index (χ4n) is 1.74. The maximum atomic E-state index is 5.79. The summed E-state index contributed by atoms with van der Waals surface area (Å²) >= 11 is 5.19. The van der Waals surface area contributed by atoms with E-state index in [0.717, 1.165) is 40.4 Å². The molecule has 0 saturated carbocycles. The Morgan fingerprint density at radius 1 is 1.40 bits per heavy atom. The number of halogens is 1. The highest BCUT2D eigenvalue weighted by atomic mass is 79.9. The van der Waals surface area contributed by atoms with Gasteiger partial charge in [-0.3, -0.25) is 0 Å². The quantitative estimate of drug-likeness (QED) is 0.753. The Morgan fingerprint density at radius 2 is 2.25 bits per heavy atom. The van der Waals surface area contributed by atoms with Gasteiger partial charge in [-0.1, -0.05) is 13.0 Å². The number of ether oxygens (including phenoxy) is 1. The van der Waals surface area contributed by atoms with Gasteiger partial charge in [0.25, 0.3) is 0 Å². The molecule has 0 spiro atoms. The highest BCUT2D eigenvalue weighted by molar-refractivity contribution is 9.10. The highest BCUT2D eigenvalue weighted by Gasteiger charge is 2.05. The van der Waals surface area contributed by atoms with Crippen molar-refractivity contribution >= 4 is 27.3 Å². The molecule has 1 heterocycles. The highest BCUT2D eigenvalue weighted by Crippen LogP contribution is 2.26. The van der Waals surface area contributed by atoms with Gasteiger partial charge in [0.2, 0.25) is 0 Å². The fraction of sp³-hybridized carbons (Fsp3) is 0.400. The first-order valence-corrected chi connectivity index (χ1v) is 8.39. The van der Waals surface area contributed by atoms with Crippen molar-refractivity contribution in [2.45, 2.75) is 33.4 Å². The molecule has 108 valence electrons. The summed E-state index contributed by atoms with van der Waals surface area (Å²) in [5.74, 6) is 0.856. The molecule has 20 heavy (non-hydrogen) atoms. The average Bonchev–Trinajstić information content (AvgIpc) is 2.86. The number of aromatic nitrogens is 1. The maximum absolute atomic E-state index is 5.79. The van der Waals surface area contributed by atoms with Crippen LogP contribution < -0.4 is 10.1 Å². The summed E-state index contributed by atoms with van der Waals surface area (Å²) in [6, 6.07) is 6.08. The largest absolute Gasteiger partial charge is 0.486 e. The zero-order valence-corrected chi connectivity index (χ0v) is 14.2. The van der Waals surface area contributed by atoms with Gasteiger partial charge < -0.3 is 10.1 Å². The molecule has 1 aromatic heterocycles. The second-order valence-corrected chi connectivity index (χ2v) is 6.43. The Balaban J connectivity index is 1.87. The van der Waals surface area contributed by atoms with Crippen LogP contribution in [0.4, 0.5) is 0 Å². The number of thiazole rings is 1. The van der Waals surface area contributed by atoms with E-state index in [1.54, 1.807) is 11.3 Å². The third kappa shape index (κ3) is 4.58. The van der Waals surface area contributed by atoms with E-state index in [0.29, 0.717) is 6.61 Å². The second-order valence-electron chi connectivity index (χ2n) is 4.63. The first-order chi connectivity index (χ1) is 9.69. The van der Waals surface area contributed by atoms with E-state index >= 15 is 0 Å².